The van der Waals surface area contributed by atoms with E-state index in [0.29, 0.717) is 5.56 Å². The number of esters is 1. The molecule has 130 valence electrons. The van der Waals surface area contributed by atoms with E-state index in [1.165, 1.54) is 0 Å². The van der Waals surface area contributed by atoms with E-state index in [9.17, 15) is 22.8 Å². The van der Waals surface area contributed by atoms with Crippen LogP contribution in [0.2, 0.25) is 0 Å². The summed E-state index contributed by atoms with van der Waals surface area (Å²) in [6.45, 7) is 7.16. The molecule has 6 heteroatoms. The average Bonchev–Trinajstić information content (AvgIpc) is 2.38. The normalized spacial score (nSPS) is 17.9. The molecule has 0 aliphatic heterocycles. The van der Waals surface area contributed by atoms with Gasteiger partial charge in [-0.25, -0.2) is 4.79 Å². The Hall–Kier alpha value is -2.11. The summed E-state index contributed by atoms with van der Waals surface area (Å²) in [7, 11) is 0. The van der Waals surface area contributed by atoms with Crippen LogP contribution >= 0.6 is 0 Å². The van der Waals surface area contributed by atoms with Gasteiger partial charge in [-0.05, 0) is 30.4 Å². The number of carbonyl (C=O) groups excluding carboxylic acids is 2. The van der Waals surface area contributed by atoms with E-state index >= 15 is 0 Å². The van der Waals surface area contributed by atoms with Crippen molar-refractivity contribution in [3.05, 3.63) is 40.6 Å². The molecule has 24 heavy (non-hydrogen) atoms. The molecule has 1 aliphatic rings. The summed E-state index contributed by atoms with van der Waals surface area (Å²) in [4.78, 5) is 23.8. The number of ketones is 1. The van der Waals surface area contributed by atoms with Crippen LogP contribution in [0.25, 0.3) is 5.57 Å². The molecule has 0 fully saturated rings. The molecule has 0 saturated carbocycles. The van der Waals surface area contributed by atoms with Gasteiger partial charge < -0.3 is 4.74 Å². The molecular formula is C18H19F3O3. The molecule has 2 rings (SSSR count). The molecular weight excluding hydrogens is 321 g/mol. The predicted octanol–water partition coefficient (Wildman–Crippen LogP) is 4.51. The van der Waals surface area contributed by atoms with Crippen LogP contribution in [-0.2, 0) is 14.3 Å². The van der Waals surface area contributed by atoms with E-state index in [2.05, 4.69) is 4.74 Å². The first-order valence-electron chi connectivity index (χ1n) is 7.54. The number of benzene rings is 1. The zero-order chi connectivity index (χ0) is 18.3. The minimum atomic E-state index is -5.11. The summed E-state index contributed by atoms with van der Waals surface area (Å²) in [6.07, 6.45) is -4.84. The van der Waals surface area contributed by atoms with Gasteiger partial charge >= 0.3 is 12.1 Å². The number of rotatable bonds is 2. The van der Waals surface area contributed by atoms with Crippen molar-refractivity contribution in [1.29, 1.82) is 0 Å². The third-order valence-electron chi connectivity index (χ3n) is 3.93. The van der Waals surface area contributed by atoms with Crippen molar-refractivity contribution in [2.45, 2.75) is 46.7 Å². The Morgan fingerprint density at radius 1 is 1.17 bits per heavy atom. The summed E-state index contributed by atoms with van der Waals surface area (Å²) in [5, 5.41) is 0. The second-order valence-electron chi connectivity index (χ2n) is 6.94. The van der Waals surface area contributed by atoms with Gasteiger partial charge in [-0.2, -0.15) is 13.2 Å². The molecule has 0 radical (unpaired) electrons. The third kappa shape index (κ3) is 3.86. The van der Waals surface area contributed by atoms with Gasteiger partial charge in [-0.1, -0.05) is 37.6 Å². The topological polar surface area (TPSA) is 43.4 Å². The van der Waals surface area contributed by atoms with E-state index in [4.69, 9.17) is 0 Å². The lowest BCUT2D eigenvalue weighted by atomic mass is 9.74. The number of carbonyl (C=O) groups is 2. The molecule has 3 nitrogen and oxygen atoms in total. The minimum absolute atomic E-state index is 0.0735. The summed E-state index contributed by atoms with van der Waals surface area (Å²) in [5.41, 5.74) is 1.73. The van der Waals surface area contributed by atoms with Crippen LogP contribution in [0.4, 0.5) is 13.2 Å². The highest BCUT2D eigenvalue weighted by Crippen LogP contribution is 2.42. The standard InChI is InChI=1S/C18H19F3O3/c1-10-5-6-12(11(2)7-10)15-13(22)8-17(3,4)9-14(15)24-16(23)18(19,20)21/h5-7H,8-9H2,1-4H3. The maximum Gasteiger partial charge on any atom is 0.491 e. The molecule has 0 amide bonds. The highest BCUT2D eigenvalue weighted by Gasteiger charge is 2.44. The monoisotopic (exact) mass is 340 g/mol. The van der Waals surface area contributed by atoms with Crippen LogP contribution in [0.3, 0.4) is 0 Å². The van der Waals surface area contributed by atoms with Gasteiger partial charge in [0.2, 0.25) is 0 Å². The first-order valence-corrected chi connectivity index (χ1v) is 7.54. The number of Topliss-reactive ketones (excluding diaryl/α,β-unsaturated/α-hetero) is 1. The average molecular weight is 340 g/mol. The van der Waals surface area contributed by atoms with E-state index in [-0.39, 0.29) is 30.0 Å². The Kier molecular flexibility index (Phi) is 4.61. The second kappa shape index (κ2) is 6.07. The molecule has 1 aromatic rings. The zero-order valence-electron chi connectivity index (χ0n) is 14.0. The van der Waals surface area contributed by atoms with Crippen LogP contribution in [0, 0.1) is 19.3 Å². The lowest BCUT2D eigenvalue weighted by molar-refractivity contribution is -0.195. The highest BCUT2D eigenvalue weighted by atomic mass is 19.4. The highest BCUT2D eigenvalue weighted by molar-refractivity contribution is 6.22. The smallest absolute Gasteiger partial charge is 0.424 e. The first kappa shape index (κ1) is 18.2. The maximum atomic E-state index is 12.6. The number of ether oxygens (including phenoxy) is 1. The number of allylic oxidation sites excluding steroid dienone is 2. The van der Waals surface area contributed by atoms with E-state index < -0.39 is 17.6 Å². The number of aryl methyl sites for hydroxylation is 2. The summed E-state index contributed by atoms with van der Waals surface area (Å²) >= 11 is 0. The molecule has 1 aliphatic carbocycles. The fraction of sp³-hybridized carbons (Fsp3) is 0.444. The number of halogens is 3. The van der Waals surface area contributed by atoms with Crippen LogP contribution in [0.1, 0.15) is 43.4 Å². The number of hydrogen-bond acceptors (Lipinski definition) is 3. The van der Waals surface area contributed by atoms with Crippen LogP contribution in [0.5, 0.6) is 0 Å². The van der Waals surface area contributed by atoms with Crippen LogP contribution < -0.4 is 0 Å². The molecule has 0 bridgehead atoms. The Labute approximate surface area is 138 Å². The minimum Gasteiger partial charge on any atom is -0.424 e. The third-order valence-corrected chi connectivity index (χ3v) is 3.93. The fourth-order valence-electron chi connectivity index (χ4n) is 2.92. The first-order chi connectivity index (χ1) is 10.9. The van der Waals surface area contributed by atoms with Gasteiger partial charge in [-0.15, -0.1) is 0 Å². The molecule has 0 atom stereocenters. The van der Waals surface area contributed by atoms with Crippen molar-refractivity contribution in [3.8, 4) is 0 Å². The van der Waals surface area contributed by atoms with Crippen molar-refractivity contribution in [1.82, 2.24) is 0 Å². The van der Waals surface area contributed by atoms with Crippen molar-refractivity contribution < 1.29 is 27.5 Å². The summed E-state index contributed by atoms with van der Waals surface area (Å²) in [5.74, 6) is -2.82. The van der Waals surface area contributed by atoms with Crippen molar-refractivity contribution in [3.63, 3.8) is 0 Å². The summed E-state index contributed by atoms with van der Waals surface area (Å²) < 4.78 is 42.3. The maximum absolute atomic E-state index is 12.6. The molecule has 0 saturated heterocycles. The van der Waals surface area contributed by atoms with Crippen molar-refractivity contribution >= 4 is 17.3 Å². The number of alkyl halides is 3. The molecule has 0 unspecified atom stereocenters. The lowest BCUT2D eigenvalue weighted by Crippen LogP contribution is -2.31. The van der Waals surface area contributed by atoms with Crippen molar-refractivity contribution in [2.24, 2.45) is 5.41 Å². The molecule has 1 aromatic carbocycles. The van der Waals surface area contributed by atoms with E-state index in [0.717, 1.165) is 11.1 Å². The van der Waals surface area contributed by atoms with Gasteiger partial charge in [0.15, 0.2) is 5.78 Å². The lowest BCUT2D eigenvalue weighted by Gasteiger charge is -2.32. The fourth-order valence-corrected chi connectivity index (χ4v) is 2.92. The Morgan fingerprint density at radius 3 is 2.33 bits per heavy atom. The zero-order valence-corrected chi connectivity index (χ0v) is 14.0. The Bertz CT molecular complexity index is 728. The molecule has 0 aromatic heterocycles. The second-order valence-corrected chi connectivity index (χ2v) is 6.94. The van der Waals surface area contributed by atoms with Gasteiger partial charge in [0, 0.05) is 12.8 Å². The van der Waals surface area contributed by atoms with Gasteiger partial charge in [-0.3, -0.25) is 4.79 Å². The largest absolute Gasteiger partial charge is 0.491 e. The Balaban J connectivity index is 2.58. The van der Waals surface area contributed by atoms with E-state index in [1.807, 2.05) is 13.0 Å². The van der Waals surface area contributed by atoms with E-state index in [1.54, 1.807) is 32.9 Å². The van der Waals surface area contributed by atoms with Gasteiger partial charge in [0.1, 0.15) is 5.76 Å². The predicted molar refractivity (Wildman–Crippen MR) is 83.0 cm³/mol. The van der Waals surface area contributed by atoms with Gasteiger partial charge in [0.25, 0.3) is 0 Å². The van der Waals surface area contributed by atoms with Crippen molar-refractivity contribution in [2.75, 3.05) is 0 Å². The number of hydrogen-bond donors (Lipinski definition) is 0. The van der Waals surface area contributed by atoms with Crippen LogP contribution in [-0.4, -0.2) is 17.9 Å². The quantitative estimate of drug-likeness (QED) is 0.744. The van der Waals surface area contributed by atoms with Crippen LogP contribution in [0.15, 0.2) is 24.0 Å². The molecule has 0 heterocycles. The molecule has 0 N–H and O–H groups in total. The van der Waals surface area contributed by atoms with Gasteiger partial charge in [0.05, 0.1) is 5.57 Å². The summed E-state index contributed by atoms with van der Waals surface area (Å²) in [6, 6.07) is 5.28. The SMILES string of the molecule is Cc1ccc(C2=C(OC(=O)C(F)(F)F)CC(C)(C)CC2=O)c(C)c1. The Morgan fingerprint density at radius 2 is 1.79 bits per heavy atom. The molecule has 0 spiro atoms.